The Morgan fingerprint density at radius 2 is 1.66 bits per heavy atom. The number of aromatic nitrogens is 1. The van der Waals surface area contributed by atoms with E-state index in [0.717, 1.165) is 26.5 Å². The number of ether oxygens (including phenoxy) is 1. The molecule has 0 aliphatic carbocycles. The minimum Gasteiger partial charge on any atom is -0.445 e. The van der Waals surface area contributed by atoms with Gasteiger partial charge < -0.3 is 20.4 Å². The Kier molecular flexibility index (Phi) is 6.87. The van der Waals surface area contributed by atoms with Gasteiger partial charge in [0.2, 0.25) is 5.91 Å². The van der Waals surface area contributed by atoms with Gasteiger partial charge >= 0.3 is 6.09 Å². The van der Waals surface area contributed by atoms with Gasteiger partial charge in [-0.15, -0.1) is 0 Å². The van der Waals surface area contributed by atoms with E-state index in [0.29, 0.717) is 12.1 Å². The summed E-state index contributed by atoms with van der Waals surface area (Å²) < 4.78 is 6.25. The number of halogens is 1. The summed E-state index contributed by atoms with van der Waals surface area (Å²) in [7, 11) is 0. The van der Waals surface area contributed by atoms with E-state index < -0.39 is 12.1 Å². The highest BCUT2D eigenvalue weighted by Gasteiger charge is 2.23. The number of amides is 2. The Morgan fingerprint density at radius 1 is 0.938 bits per heavy atom. The largest absolute Gasteiger partial charge is 0.445 e. The van der Waals surface area contributed by atoms with Crippen LogP contribution in [0.3, 0.4) is 0 Å². The molecule has 4 aromatic rings. The average Bonchev–Trinajstić information content (AvgIpc) is 3.22. The molecule has 3 aromatic carbocycles. The number of aromatic amines is 1. The second kappa shape index (κ2) is 10.2. The van der Waals surface area contributed by atoms with Gasteiger partial charge in [-0.25, -0.2) is 4.79 Å². The summed E-state index contributed by atoms with van der Waals surface area (Å²) in [6.45, 7) is 0.126. The molecule has 3 N–H and O–H groups in total. The summed E-state index contributed by atoms with van der Waals surface area (Å²) in [5.41, 5.74) is 3.41. The molecule has 2 amide bonds. The van der Waals surface area contributed by atoms with E-state index in [-0.39, 0.29) is 12.5 Å². The van der Waals surface area contributed by atoms with Crippen molar-refractivity contribution in [3.05, 3.63) is 101 Å². The van der Waals surface area contributed by atoms with Crippen molar-refractivity contribution in [2.45, 2.75) is 19.1 Å². The zero-order valence-corrected chi connectivity index (χ0v) is 18.8. The Balaban J connectivity index is 1.49. The molecule has 1 atom stereocenters. The fourth-order valence-corrected chi connectivity index (χ4v) is 3.66. The van der Waals surface area contributed by atoms with Gasteiger partial charge in [-0.1, -0.05) is 64.5 Å². The van der Waals surface area contributed by atoms with Crippen LogP contribution < -0.4 is 10.6 Å². The van der Waals surface area contributed by atoms with Crippen molar-refractivity contribution in [3.63, 3.8) is 0 Å². The second-order valence-corrected chi connectivity index (χ2v) is 8.23. The monoisotopic (exact) mass is 491 g/mol. The van der Waals surface area contributed by atoms with Crippen molar-refractivity contribution in [2.24, 2.45) is 0 Å². The molecule has 7 heteroatoms. The van der Waals surface area contributed by atoms with E-state index in [4.69, 9.17) is 4.74 Å². The van der Waals surface area contributed by atoms with Crippen molar-refractivity contribution >= 4 is 44.5 Å². The molecule has 32 heavy (non-hydrogen) atoms. The van der Waals surface area contributed by atoms with E-state index in [9.17, 15) is 9.59 Å². The quantitative estimate of drug-likeness (QED) is 0.323. The predicted octanol–water partition coefficient (Wildman–Crippen LogP) is 5.41. The van der Waals surface area contributed by atoms with Crippen LogP contribution in [0.1, 0.15) is 11.1 Å². The van der Waals surface area contributed by atoms with Gasteiger partial charge in [-0.05, 0) is 41.5 Å². The lowest BCUT2D eigenvalue weighted by molar-refractivity contribution is -0.118. The molecule has 6 nitrogen and oxygen atoms in total. The van der Waals surface area contributed by atoms with Crippen LogP contribution in [0.4, 0.5) is 10.5 Å². The van der Waals surface area contributed by atoms with Crippen molar-refractivity contribution < 1.29 is 14.3 Å². The fourth-order valence-electron chi connectivity index (χ4n) is 3.40. The molecule has 162 valence electrons. The van der Waals surface area contributed by atoms with Crippen LogP contribution in [-0.4, -0.2) is 23.0 Å². The molecule has 0 saturated carbocycles. The van der Waals surface area contributed by atoms with E-state index in [2.05, 4.69) is 31.5 Å². The Morgan fingerprint density at radius 3 is 2.44 bits per heavy atom. The second-order valence-electron chi connectivity index (χ2n) is 7.32. The minimum atomic E-state index is -0.818. The molecular weight excluding hydrogens is 470 g/mol. The molecule has 0 unspecified atom stereocenters. The van der Waals surface area contributed by atoms with Crippen LogP contribution in [0.15, 0.2) is 89.5 Å². The summed E-state index contributed by atoms with van der Waals surface area (Å²) in [6, 6.07) is 23.7. The maximum atomic E-state index is 13.1. The Labute approximate surface area is 194 Å². The number of benzene rings is 3. The zero-order valence-electron chi connectivity index (χ0n) is 17.2. The standard InChI is InChI=1S/C25H22BrN3O3/c26-19-10-12-20(13-11-19)28-24(30)23(14-18-15-27-22-9-5-4-8-21(18)22)29-25(31)32-16-17-6-2-1-3-7-17/h1-13,15,23,27H,14,16H2,(H,28,30)(H,29,31)/t23-/m0/s1. The van der Waals surface area contributed by atoms with Gasteiger partial charge in [0.05, 0.1) is 0 Å². The molecule has 0 bridgehead atoms. The number of fused-ring (bicyclic) bond motifs is 1. The van der Waals surface area contributed by atoms with Crippen LogP contribution in [0, 0.1) is 0 Å². The number of anilines is 1. The van der Waals surface area contributed by atoms with Crippen molar-refractivity contribution in [2.75, 3.05) is 5.32 Å². The number of rotatable bonds is 7. The molecule has 0 aliphatic heterocycles. The zero-order chi connectivity index (χ0) is 22.3. The normalized spacial score (nSPS) is 11.7. The van der Waals surface area contributed by atoms with E-state index in [1.54, 1.807) is 12.1 Å². The van der Waals surface area contributed by atoms with Gasteiger partial charge in [0, 0.05) is 33.7 Å². The highest BCUT2D eigenvalue weighted by Crippen LogP contribution is 2.20. The number of H-pyrrole nitrogens is 1. The third-order valence-corrected chi connectivity index (χ3v) is 5.56. The van der Waals surface area contributed by atoms with Gasteiger partial charge in [-0.2, -0.15) is 0 Å². The molecule has 0 fully saturated rings. The molecule has 1 heterocycles. The average molecular weight is 492 g/mol. The maximum Gasteiger partial charge on any atom is 0.408 e. The van der Waals surface area contributed by atoms with Gasteiger partial charge in [0.25, 0.3) is 0 Å². The number of carbonyl (C=O) groups is 2. The molecule has 0 aliphatic rings. The van der Waals surface area contributed by atoms with Gasteiger partial charge in [0.15, 0.2) is 0 Å². The highest BCUT2D eigenvalue weighted by atomic mass is 79.9. The maximum absolute atomic E-state index is 13.1. The van der Waals surface area contributed by atoms with Gasteiger partial charge in [-0.3, -0.25) is 4.79 Å². The molecule has 4 rings (SSSR count). The van der Waals surface area contributed by atoms with Crippen LogP contribution in [0.25, 0.3) is 10.9 Å². The number of nitrogens with one attached hydrogen (secondary N) is 3. The van der Waals surface area contributed by atoms with Crippen LogP contribution in [0.2, 0.25) is 0 Å². The smallest absolute Gasteiger partial charge is 0.408 e. The SMILES string of the molecule is O=C(N[C@@H](Cc1c[nH]c2ccccc12)C(=O)Nc1ccc(Br)cc1)OCc1ccccc1. The molecule has 1 aromatic heterocycles. The Hall–Kier alpha value is -3.58. The summed E-state index contributed by atoms with van der Waals surface area (Å²) in [6.07, 6.45) is 1.53. The lowest BCUT2D eigenvalue weighted by Gasteiger charge is -2.18. The third-order valence-electron chi connectivity index (χ3n) is 5.03. The fraction of sp³-hybridized carbons (Fsp3) is 0.120. The predicted molar refractivity (Wildman–Crippen MR) is 128 cm³/mol. The number of alkyl carbamates (subject to hydrolysis) is 1. The minimum absolute atomic E-state index is 0.126. The number of carbonyl (C=O) groups excluding carboxylic acids is 2. The van der Waals surface area contributed by atoms with Gasteiger partial charge in [0.1, 0.15) is 12.6 Å². The number of hydrogen-bond donors (Lipinski definition) is 3. The topological polar surface area (TPSA) is 83.2 Å². The van der Waals surface area contributed by atoms with Crippen molar-refractivity contribution in [1.82, 2.24) is 10.3 Å². The number of para-hydroxylation sites is 1. The molecular formula is C25H22BrN3O3. The first-order valence-corrected chi connectivity index (χ1v) is 11.0. The first-order chi connectivity index (χ1) is 15.6. The van der Waals surface area contributed by atoms with E-state index in [1.165, 1.54) is 0 Å². The highest BCUT2D eigenvalue weighted by molar-refractivity contribution is 9.10. The molecule has 0 saturated heterocycles. The summed E-state index contributed by atoms with van der Waals surface area (Å²) >= 11 is 3.38. The third kappa shape index (κ3) is 5.56. The lowest BCUT2D eigenvalue weighted by atomic mass is 10.0. The molecule has 0 spiro atoms. The van der Waals surface area contributed by atoms with Crippen molar-refractivity contribution in [3.8, 4) is 0 Å². The van der Waals surface area contributed by atoms with Crippen LogP contribution in [0.5, 0.6) is 0 Å². The summed E-state index contributed by atoms with van der Waals surface area (Å²) in [5.74, 6) is -0.325. The Bertz CT molecular complexity index is 1210. The first kappa shape index (κ1) is 21.6. The van der Waals surface area contributed by atoms with E-state index >= 15 is 0 Å². The summed E-state index contributed by atoms with van der Waals surface area (Å²) in [5, 5.41) is 6.60. The number of hydrogen-bond acceptors (Lipinski definition) is 3. The molecule has 0 radical (unpaired) electrons. The first-order valence-electron chi connectivity index (χ1n) is 10.2. The lowest BCUT2D eigenvalue weighted by Crippen LogP contribution is -2.45. The summed E-state index contributed by atoms with van der Waals surface area (Å²) in [4.78, 5) is 28.8. The van der Waals surface area contributed by atoms with Crippen LogP contribution in [-0.2, 0) is 22.6 Å². The van der Waals surface area contributed by atoms with Crippen molar-refractivity contribution in [1.29, 1.82) is 0 Å². The van der Waals surface area contributed by atoms with Crippen LogP contribution >= 0.6 is 15.9 Å². The van der Waals surface area contributed by atoms with E-state index in [1.807, 2.05) is 72.9 Å².